The Balaban J connectivity index is 2.54. The summed E-state index contributed by atoms with van der Waals surface area (Å²) in [6, 6.07) is 8.81. The maximum Gasteiger partial charge on any atom is 0.313 e. The van der Waals surface area contributed by atoms with Gasteiger partial charge in [0, 0.05) is 0 Å². The molecular formula is C14H12ClNO3. The summed E-state index contributed by atoms with van der Waals surface area (Å²) < 4.78 is 4.82. The first-order valence-electron chi connectivity index (χ1n) is 5.52. The first-order valence-corrected chi connectivity index (χ1v) is 5.90. The molecule has 0 aliphatic heterocycles. The van der Waals surface area contributed by atoms with E-state index in [0.717, 1.165) is 5.56 Å². The van der Waals surface area contributed by atoms with Gasteiger partial charge >= 0.3 is 5.97 Å². The lowest BCUT2D eigenvalue weighted by atomic mass is 10.1. The fraction of sp³-hybridized carbons (Fsp3) is 0.214. The van der Waals surface area contributed by atoms with Crippen LogP contribution in [0.4, 0.5) is 0 Å². The number of hydrogen-bond acceptors (Lipinski definition) is 4. The van der Waals surface area contributed by atoms with E-state index in [0.29, 0.717) is 10.6 Å². The van der Waals surface area contributed by atoms with E-state index < -0.39 is 5.97 Å². The van der Waals surface area contributed by atoms with Crippen LogP contribution >= 0.6 is 11.6 Å². The van der Waals surface area contributed by atoms with Crippen LogP contribution in [0.25, 0.3) is 6.08 Å². The van der Waals surface area contributed by atoms with Gasteiger partial charge < -0.3 is 4.74 Å². The summed E-state index contributed by atoms with van der Waals surface area (Å²) >= 11 is 5.90. The first kappa shape index (κ1) is 14.9. The number of Topliss-reactive ketones (excluding diaryl/α,β-unsaturated/α-hetero) is 1. The lowest BCUT2D eigenvalue weighted by molar-refractivity contribution is -0.144. The first-order chi connectivity index (χ1) is 9.01. The number of halogens is 1. The van der Waals surface area contributed by atoms with E-state index in [2.05, 4.69) is 0 Å². The summed E-state index contributed by atoms with van der Waals surface area (Å²) in [7, 11) is 0. The predicted octanol–water partition coefficient (Wildman–Crippen LogP) is 2.66. The molecule has 0 aliphatic rings. The minimum atomic E-state index is -0.598. The molecule has 1 aromatic rings. The molecule has 0 saturated carbocycles. The van der Waals surface area contributed by atoms with E-state index in [1.165, 1.54) is 6.92 Å². The number of carbonyl (C=O) groups excluding carboxylic acids is 2. The fourth-order valence-electron chi connectivity index (χ4n) is 1.28. The largest absolute Gasteiger partial charge is 0.460 e. The highest BCUT2D eigenvalue weighted by Crippen LogP contribution is 2.12. The number of nitrogens with zero attached hydrogens (tertiary/aromatic N) is 1. The Kier molecular flexibility index (Phi) is 5.77. The van der Waals surface area contributed by atoms with Crippen molar-refractivity contribution in [1.82, 2.24) is 0 Å². The quantitative estimate of drug-likeness (QED) is 0.613. The predicted molar refractivity (Wildman–Crippen MR) is 71.2 cm³/mol. The van der Waals surface area contributed by atoms with Crippen molar-refractivity contribution in [1.29, 1.82) is 5.26 Å². The average molecular weight is 278 g/mol. The second-order valence-electron chi connectivity index (χ2n) is 3.86. The molecule has 0 aliphatic carbocycles. The van der Waals surface area contributed by atoms with Crippen LogP contribution in [0.3, 0.4) is 0 Å². The highest BCUT2D eigenvalue weighted by Gasteiger charge is 2.06. The van der Waals surface area contributed by atoms with Crippen molar-refractivity contribution >= 4 is 29.4 Å². The number of ether oxygens (including phenoxy) is 1. The van der Waals surface area contributed by atoms with E-state index in [4.69, 9.17) is 21.6 Å². The van der Waals surface area contributed by atoms with Crippen LogP contribution in [0.1, 0.15) is 24.5 Å². The third kappa shape index (κ3) is 5.84. The smallest absolute Gasteiger partial charge is 0.313 e. The van der Waals surface area contributed by atoms with E-state index in [1.54, 1.807) is 30.3 Å². The molecule has 0 fully saturated rings. The zero-order chi connectivity index (χ0) is 14.3. The Labute approximate surface area is 116 Å². The van der Waals surface area contributed by atoms with Gasteiger partial charge in [-0.1, -0.05) is 23.7 Å². The molecule has 0 aromatic heterocycles. The van der Waals surface area contributed by atoms with Gasteiger partial charge in [0.1, 0.15) is 18.8 Å². The average Bonchev–Trinajstić information content (AvgIpc) is 2.36. The molecule has 0 radical (unpaired) electrons. The number of benzene rings is 1. The fourth-order valence-corrected chi connectivity index (χ4v) is 1.46. The van der Waals surface area contributed by atoms with Crippen LogP contribution < -0.4 is 0 Å². The van der Waals surface area contributed by atoms with E-state index in [1.807, 2.05) is 6.07 Å². The van der Waals surface area contributed by atoms with E-state index >= 15 is 0 Å². The summed E-state index contributed by atoms with van der Waals surface area (Å²) in [6.45, 7) is 1.24. The van der Waals surface area contributed by atoms with E-state index in [-0.39, 0.29) is 18.8 Å². The maximum atomic E-state index is 11.1. The normalized spacial score (nSPS) is 10.7. The Morgan fingerprint density at radius 3 is 2.53 bits per heavy atom. The van der Waals surface area contributed by atoms with Crippen molar-refractivity contribution in [2.75, 3.05) is 6.61 Å². The molecule has 0 heterocycles. The molecule has 5 heteroatoms. The Bertz CT molecular complexity index is 541. The SMILES string of the molecule is CC(=O)CC(=O)OC/C(Cl)=C/c1ccc(C#N)cc1. The van der Waals surface area contributed by atoms with Gasteiger partial charge in [-0.15, -0.1) is 0 Å². The van der Waals surface area contributed by atoms with Crippen LogP contribution in [0, 0.1) is 11.3 Å². The van der Waals surface area contributed by atoms with Crippen LogP contribution in [-0.4, -0.2) is 18.4 Å². The molecule has 0 atom stereocenters. The zero-order valence-electron chi connectivity index (χ0n) is 10.4. The van der Waals surface area contributed by atoms with Gasteiger partial charge in [-0.25, -0.2) is 0 Å². The minimum Gasteiger partial charge on any atom is -0.460 e. The molecule has 0 unspecified atom stereocenters. The molecule has 98 valence electrons. The summed E-state index contributed by atoms with van der Waals surface area (Å²) in [4.78, 5) is 21.8. The summed E-state index contributed by atoms with van der Waals surface area (Å²) in [5.74, 6) is -0.851. The van der Waals surface area contributed by atoms with Gasteiger partial charge in [0.15, 0.2) is 0 Å². The molecule has 1 rings (SSSR count). The van der Waals surface area contributed by atoms with Crippen molar-refractivity contribution in [3.8, 4) is 6.07 Å². The number of rotatable bonds is 5. The maximum absolute atomic E-state index is 11.1. The zero-order valence-corrected chi connectivity index (χ0v) is 11.1. The number of hydrogen-bond donors (Lipinski definition) is 0. The monoisotopic (exact) mass is 277 g/mol. The van der Waals surface area contributed by atoms with Crippen molar-refractivity contribution in [3.05, 3.63) is 40.4 Å². The molecule has 0 N–H and O–H groups in total. The summed E-state index contributed by atoms with van der Waals surface area (Å²) in [6.07, 6.45) is 1.38. The highest BCUT2D eigenvalue weighted by molar-refractivity contribution is 6.31. The molecule has 0 amide bonds. The molecule has 0 bridgehead atoms. The number of carbonyl (C=O) groups is 2. The van der Waals surface area contributed by atoms with Crippen molar-refractivity contribution < 1.29 is 14.3 Å². The highest BCUT2D eigenvalue weighted by atomic mass is 35.5. The van der Waals surface area contributed by atoms with Gasteiger partial charge in [-0.3, -0.25) is 9.59 Å². The molecule has 0 saturated heterocycles. The van der Waals surface area contributed by atoms with Gasteiger partial charge in [0.05, 0.1) is 16.7 Å². The second kappa shape index (κ2) is 7.34. The number of esters is 1. The minimum absolute atomic E-state index is 0.0757. The van der Waals surface area contributed by atoms with Crippen molar-refractivity contribution in [2.45, 2.75) is 13.3 Å². The Morgan fingerprint density at radius 2 is 2.00 bits per heavy atom. The van der Waals surface area contributed by atoms with Gasteiger partial charge in [-0.2, -0.15) is 5.26 Å². The number of ketones is 1. The molecule has 4 nitrogen and oxygen atoms in total. The molecular weight excluding hydrogens is 266 g/mol. The summed E-state index contributed by atoms with van der Waals surface area (Å²) in [5, 5.41) is 8.99. The second-order valence-corrected chi connectivity index (χ2v) is 4.35. The lowest BCUT2D eigenvalue weighted by Crippen LogP contribution is -2.09. The topological polar surface area (TPSA) is 67.2 Å². The number of nitriles is 1. The lowest BCUT2D eigenvalue weighted by Gasteiger charge is -2.02. The van der Waals surface area contributed by atoms with Crippen LogP contribution in [0.15, 0.2) is 29.3 Å². The molecule has 1 aromatic carbocycles. The van der Waals surface area contributed by atoms with Crippen LogP contribution in [0.5, 0.6) is 0 Å². The van der Waals surface area contributed by atoms with Gasteiger partial charge in [0.2, 0.25) is 0 Å². The van der Waals surface area contributed by atoms with Crippen molar-refractivity contribution in [2.24, 2.45) is 0 Å². The van der Waals surface area contributed by atoms with Crippen LogP contribution in [0.2, 0.25) is 0 Å². The Morgan fingerprint density at radius 1 is 1.37 bits per heavy atom. The third-order valence-corrected chi connectivity index (χ3v) is 2.35. The Hall–Kier alpha value is -2.12. The molecule has 19 heavy (non-hydrogen) atoms. The van der Waals surface area contributed by atoms with E-state index in [9.17, 15) is 9.59 Å². The van der Waals surface area contributed by atoms with Crippen molar-refractivity contribution in [3.63, 3.8) is 0 Å². The third-order valence-electron chi connectivity index (χ3n) is 2.13. The summed E-state index contributed by atoms with van der Waals surface area (Å²) in [5.41, 5.74) is 1.35. The van der Waals surface area contributed by atoms with Gasteiger partial charge in [-0.05, 0) is 30.7 Å². The van der Waals surface area contributed by atoms with Crippen LogP contribution in [-0.2, 0) is 14.3 Å². The standard InChI is InChI=1S/C14H12ClNO3/c1-10(17)6-14(18)19-9-13(15)7-11-2-4-12(8-16)5-3-11/h2-5,7H,6,9H2,1H3/b13-7-. The molecule has 0 spiro atoms. The van der Waals surface area contributed by atoms with Gasteiger partial charge in [0.25, 0.3) is 0 Å².